The van der Waals surface area contributed by atoms with Crippen LogP contribution >= 0.6 is 0 Å². The first kappa shape index (κ1) is 13.8. The van der Waals surface area contributed by atoms with Crippen molar-refractivity contribution >= 4 is 5.82 Å². The fourth-order valence-electron chi connectivity index (χ4n) is 3.13. The molecule has 0 saturated heterocycles. The zero-order chi connectivity index (χ0) is 13.8. The number of aryl methyl sites for hydroxylation is 1. The molecule has 1 aliphatic rings. The molecule has 102 valence electrons. The van der Waals surface area contributed by atoms with E-state index in [0.717, 1.165) is 24.9 Å². The smallest absolute Gasteiger partial charge is 0.141 e. The Balaban J connectivity index is 2.15. The summed E-state index contributed by atoms with van der Waals surface area (Å²) in [5, 5.41) is 12.5. The molecule has 1 heterocycles. The molecule has 2 unspecified atom stereocenters. The molecule has 1 aliphatic carbocycles. The minimum absolute atomic E-state index is 0.380. The number of anilines is 1. The predicted molar refractivity (Wildman–Crippen MR) is 76.6 cm³/mol. The van der Waals surface area contributed by atoms with Crippen molar-refractivity contribution in [2.45, 2.75) is 32.6 Å². The Bertz CT molecular complexity index is 490. The molecular formula is C15H22N4. The van der Waals surface area contributed by atoms with E-state index in [1.807, 2.05) is 13.2 Å². The van der Waals surface area contributed by atoms with Gasteiger partial charge in [-0.3, -0.25) is 0 Å². The Labute approximate surface area is 115 Å². The SMILES string of the molecule is CNCC(C)CC1CCc2cnc(N)c(C#N)c2C1. The van der Waals surface area contributed by atoms with Gasteiger partial charge in [-0.2, -0.15) is 5.26 Å². The van der Waals surface area contributed by atoms with E-state index in [9.17, 15) is 5.26 Å². The van der Waals surface area contributed by atoms with Crippen molar-refractivity contribution in [3.05, 3.63) is 22.9 Å². The van der Waals surface area contributed by atoms with Gasteiger partial charge in [0.15, 0.2) is 0 Å². The van der Waals surface area contributed by atoms with Crippen LogP contribution in [0.4, 0.5) is 5.82 Å². The van der Waals surface area contributed by atoms with Gasteiger partial charge in [0.2, 0.25) is 0 Å². The van der Waals surface area contributed by atoms with Crippen LogP contribution in [0.3, 0.4) is 0 Å². The van der Waals surface area contributed by atoms with E-state index in [2.05, 4.69) is 23.3 Å². The Morgan fingerprint density at radius 1 is 1.63 bits per heavy atom. The van der Waals surface area contributed by atoms with Crippen molar-refractivity contribution in [3.63, 3.8) is 0 Å². The number of rotatable bonds is 4. The summed E-state index contributed by atoms with van der Waals surface area (Å²) < 4.78 is 0. The van der Waals surface area contributed by atoms with Crippen LogP contribution in [-0.4, -0.2) is 18.6 Å². The van der Waals surface area contributed by atoms with Crippen molar-refractivity contribution in [3.8, 4) is 6.07 Å². The lowest BCUT2D eigenvalue weighted by Crippen LogP contribution is -2.23. The minimum atomic E-state index is 0.380. The number of nitrogens with zero attached hydrogens (tertiary/aromatic N) is 2. The monoisotopic (exact) mass is 258 g/mol. The van der Waals surface area contributed by atoms with Crippen LogP contribution in [0.2, 0.25) is 0 Å². The Kier molecular flexibility index (Phi) is 4.39. The molecule has 0 amide bonds. The third kappa shape index (κ3) is 3.05. The average Bonchev–Trinajstić information content (AvgIpc) is 2.38. The van der Waals surface area contributed by atoms with Crippen LogP contribution in [-0.2, 0) is 12.8 Å². The number of aromatic nitrogens is 1. The molecule has 0 aliphatic heterocycles. The van der Waals surface area contributed by atoms with Crippen LogP contribution in [0.15, 0.2) is 6.20 Å². The van der Waals surface area contributed by atoms with E-state index in [-0.39, 0.29) is 0 Å². The standard InChI is InChI=1S/C15H22N4/c1-10(8-18-2)5-11-3-4-12-9-19-15(17)14(7-16)13(12)6-11/h9-11,18H,3-6,8H2,1-2H3,(H2,17,19). The summed E-state index contributed by atoms with van der Waals surface area (Å²) in [6.45, 7) is 3.32. The first-order valence-electron chi connectivity index (χ1n) is 6.96. The van der Waals surface area contributed by atoms with E-state index in [4.69, 9.17) is 5.73 Å². The van der Waals surface area contributed by atoms with Crippen LogP contribution in [0.1, 0.15) is 36.5 Å². The van der Waals surface area contributed by atoms with Gasteiger partial charge in [-0.15, -0.1) is 0 Å². The number of pyridine rings is 1. The molecule has 0 radical (unpaired) electrons. The first-order valence-corrected chi connectivity index (χ1v) is 6.96. The van der Waals surface area contributed by atoms with Crippen molar-refractivity contribution in [2.75, 3.05) is 19.3 Å². The highest BCUT2D eigenvalue weighted by atomic mass is 14.8. The lowest BCUT2D eigenvalue weighted by atomic mass is 9.79. The fraction of sp³-hybridized carbons (Fsp3) is 0.600. The molecule has 2 rings (SSSR count). The second-order valence-corrected chi connectivity index (χ2v) is 5.64. The molecule has 19 heavy (non-hydrogen) atoms. The third-order valence-corrected chi connectivity index (χ3v) is 4.02. The number of nitrogen functional groups attached to an aromatic ring is 1. The van der Waals surface area contributed by atoms with Gasteiger partial charge in [0.1, 0.15) is 11.9 Å². The predicted octanol–water partition coefficient (Wildman–Crippen LogP) is 1.89. The minimum Gasteiger partial charge on any atom is -0.383 e. The molecule has 0 bridgehead atoms. The Morgan fingerprint density at radius 2 is 2.42 bits per heavy atom. The molecule has 0 spiro atoms. The molecule has 4 nitrogen and oxygen atoms in total. The van der Waals surface area contributed by atoms with Crippen molar-refractivity contribution in [2.24, 2.45) is 11.8 Å². The Hall–Kier alpha value is -1.60. The first-order chi connectivity index (χ1) is 9.15. The number of nitriles is 1. The van der Waals surface area contributed by atoms with Crippen molar-refractivity contribution in [1.82, 2.24) is 10.3 Å². The normalized spacial score (nSPS) is 19.5. The topological polar surface area (TPSA) is 74.7 Å². The number of nitrogens with one attached hydrogen (secondary N) is 1. The van der Waals surface area contributed by atoms with Gasteiger partial charge in [0.05, 0.1) is 5.56 Å². The van der Waals surface area contributed by atoms with Gasteiger partial charge >= 0.3 is 0 Å². The number of fused-ring (bicyclic) bond motifs is 1. The van der Waals surface area contributed by atoms with Crippen molar-refractivity contribution in [1.29, 1.82) is 5.26 Å². The highest BCUT2D eigenvalue weighted by Gasteiger charge is 2.24. The number of hydrogen-bond donors (Lipinski definition) is 2. The molecule has 2 atom stereocenters. The Morgan fingerprint density at radius 3 is 3.11 bits per heavy atom. The maximum atomic E-state index is 9.25. The lowest BCUT2D eigenvalue weighted by molar-refractivity contribution is 0.349. The molecule has 4 heteroatoms. The molecule has 0 saturated carbocycles. The van der Waals surface area contributed by atoms with Crippen molar-refractivity contribution < 1.29 is 0 Å². The maximum absolute atomic E-state index is 9.25. The van der Waals surface area contributed by atoms with E-state index in [0.29, 0.717) is 23.2 Å². The summed E-state index contributed by atoms with van der Waals surface area (Å²) in [5.41, 5.74) is 8.76. The summed E-state index contributed by atoms with van der Waals surface area (Å²) in [4.78, 5) is 4.12. The zero-order valence-corrected chi connectivity index (χ0v) is 11.7. The van der Waals surface area contributed by atoms with Crippen LogP contribution in [0.5, 0.6) is 0 Å². The molecule has 0 aromatic carbocycles. The van der Waals surface area contributed by atoms with E-state index in [1.165, 1.54) is 18.4 Å². The summed E-state index contributed by atoms with van der Waals surface area (Å²) in [6, 6.07) is 2.22. The van der Waals surface area contributed by atoms with Crippen LogP contribution in [0, 0.1) is 23.2 Å². The zero-order valence-electron chi connectivity index (χ0n) is 11.7. The van der Waals surface area contributed by atoms with Gasteiger partial charge in [-0.1, -0.05) is 6.92 Å². The van der Waals surface area contributed by atoms with Crippen LogP contribution < -0.4 is 11.1 Å². The van der Waals surface area contributed by atoms with E-state index in [1.54, 1.807) is 0 Å². The largest absolute Gasteiger partial charge is 0.383 e. The van der Waals surface area contributed by atoms with Gasteiger partial charge < -0.3 is 11.1 Å². The maximum Gasteiger partial charge on any atom is 0.141 e. The molecular weight excluding hydrogens is 236 g/mol. The third-order valence-electron chi connectivity index (χ3n) is 4.02. The van der Waals surface area contributed by atoms with Gasteiger partial charge in [-0.05, 0) is 62.2 Å². The summed E-state index contributed by atoms with van der Waals surface area (Å²) in [6.07, 6.45) is 6.23. The molecule has 0 fully saturated rings. The number of hydrogen-bond acceptors (Lipinski definition) is 4. The second kappa shape index (κ2) is 6.03. The van der Waals surface area contributed by atoms with Gasteiger partial charge in [0.25, 0.3) is 0 Å². The number of nitrogens with two attached hydrogens (primary N) is 1. The van der Waals surface area contributed by atoms with Gasteiger partial charge in [-0.25, -0.2) is 4.98 Å². The highest BCUT2D eigenvalue weighted by Crippen LogP contribution is 2.32. The lowest BCUT2D eigenvalue weighted by Gasteiger charge is -2.27. The van der Waals surface area contributed by atoms with E-state index < -0.39 is 0 Å². The molecule has 1 aromatic rings. The fourth-order valence-corrected chi connectivity index (χ4v) is 3.13. The second-order valence-electron chi connectivity index (χ2n) is 5.64. The quantitative estimate of drug-likeness (QED) is 0.864. The van der Waals surface area contributed by atoms with Crippen LogP contribution in [0.25, 0.3) is 0 Å². The molecule has 1 aromatic heterocycles. The summed E-state index contributed by atoms with van der Waals surface area (Å²) >= 11 is 0. The molecule has 3 N–H and O–H groups in total. The average molecular weight is 258 g/mol. The van der Waals surface area contributed by atoms with Gasteiger partial charge in [0, 0.05) is 6.20 Å². The van der Waals surface area contributed by atoms with E-state index >= 15 is 0 Å². The summed E-state index contributed by atoms with van der Waals surface area (Å²) in [7, 11) is 1.99. The highest BCUT2D eigenvalue weighted by molar-refractivity contribution is 5.56. The summed E-state index contributed by atoms with van der Waals surface area (Å²) in [5.74, 6) is 1.70.